The molecule has 21 heavy (non-hydrogen) atoms. The Bertz CT molecular complexity index is 623. The second-order valence-corrected chi connectivity index (χ2v) is 4.79. The molecule has 0 spiro atoms. The molecule has 2 aromatic rings. The molecule has 0 aliphatic rings. The fraction of sp³-hybridized carbons (Fsp3) is 0.200. The van der Waals surface area contributed by atoms with E-state index < -0.39 is 6.09 Å². The molecule has 6 heteroatoms. The Labute approximate surface area is 128 Å². The van der Waals surface area contributed by atoms with Gasteiger partial charge in [0, 0.05) is 19.8 Å². The Morgan fingerprint density at radius 3 is 2.86 bits per heavy atom. The van der Waals surface area contributed by atoms with Crippen LogP contribution in [0.2, 0.25) is 5.02 Å². The van der Waals surface area contributed by atoms with E-state index in [0.29, 0.717) is 17.3 Å². The van der Waals surface area contributed by atoms with Gasteiger partial charge in [-0.1, -0.05) is 48.0 Å². The van der Waals surface area contributed by atoms with Crippen LogP contribution in [0.4, 0.5) is 4.79 Å². The first kappa shape index (κ1) is 15.1. The minimum Gasteiger partial charge on any atom is -0.445 e. The van der Waals surface area contributed by atoms with Crippen LogP contribution in [-0.2, 0) is 18.4 Å². The lowest BCUT2D eigenvalue weighted by Gasteiger charge is -2.05. The van der Waals surface area contributed by atoms with Crippen molar-refractivity contribution in [3.8, 4) is 0 Å². The average Bonchev–Trinajstić information content (AvgIpc) is 2.80. The number of aromatic nitrogens is 2. The number of nitrogens with one attached hydrogen (secondary N) is 1. The highest BCUT2D eigenvalue weighted by Gasteiger charge is 2.02. The molecular formula is C15H16ClN3O2. The van der Waals surface area contributed by atoms with E-state index in [1.165, 1.54) is 0 Å². The van der Waals surface area contributed by atoms with Gasteiger partial charge in [-0.2, -0.15) is 5.10 Å². The summed E-state index contributed by atoms with van der Waals surface area (Å²) in [7, 11) is 1.79. The van der Waals surface area contributed by atoms with E-state index in [1.54, 1.807) is 30.1 Å². The Kier molecular flexibility index (Phi) is 5.40. The number of alkyl carbamates (subject to hydrolysis) is 1. The van der Waals surface area contributed by atoms with Crippen molar-refractivity contribution in [2.24, 2.45) is 7.05 Å². The van der Waals surface area contributed by atoms with E-state index in [0.717, 1.165) is 5.56 Å². The molecule has 110 valence electrons. The van der Waals surface area contributed by atoms with Crippen LogP contribution in [0.15, 0.2) is 42.6 Å². The van der Waals surface area contributed by atoms with Gasteiger partial charge in [0.25, 0.3) is 0 Å². The maximum Gasteiger partial charge on any atom is 0.407 e. The minimum atomic E-state index is -0.462. The summed E-state index contributed by atoms with van der Waals surface area (Å²) in [6.07, 6.45) is 4.76. The number of hydrogen-bond donors (Lipinski definition) is 1. The van der Waals surface area contributed by atoms with Crippen LogP contribution in [0.25, 0.3) is 6.08 Å². The van der Waals surface area contributed by atoms with E-state index in [4.69, 9.17) is 16.3 Å². The maximum atomic E-state index is 11.5. The summed E-state index contributed by atoms with van der Waals surface area (Å²) in [6, 6.07) is 9.51. The van der Waals surface area contributed by atoms with Gasteiger partial charge in [-0.15, -0.1) is 0 Å². The Balaban J connectivity index is 1.71. The molecule has 1 aromatic heterocycles. The molecule has 0 bridgehead atoms. The maximum absolute atomic E-state index is 11.5. The van der Waals surface area contributed by atoms with E-state index in [1.807, 2.05) is 30.3 Å². The highest BCUT2D eigenvalue weighted by atomic mass is 35.5. The number of nitrogens with zero attached hydrogens (tertiary/aromatic N) is 2. The SMILES string of the molecule is Cn1cc(Cl)c(C=CCNC(=O)OCc2ccccc2)n1. The van der Waals surface area contributed by atoms with Gasteiger partial charge in [-0.3, -0.25) is 4.68 Å². The largest absolute Gasteiger partial charge is 0.445 e. The molecule has 0 fully saturated rings. The summed E-state index contributed by atoms with van der Waals surface area (Å²) < 4.78 is 6.71. The summed E-state index contributed by atoms with van der Waals surface area (Å²) in [6.45, 7) is 0.600. The van der Waals surface area contributed by atoms with Gasteiger partial charge in [-0.05, 0) is 11.6 Å². The standard InChI is InChI=1S/C15H16ClN3O2/c1-19-10-13(16)14(18-19)8-5-9-17-15(20)21-11-12-6-3-2-4-7-12/h2-8,10H,9,11H2,1H3,(H,17,20). The predicted octanol–water partition coefficient (Wildman–Crippen LogP) is 3.01. The van der Waals surface area contributed by atoms with Gasteiger partial charge in [0.1, 0.15) is 12.3 Å². The highest BCUT2D eigenvalue weighted by Crippen LogP contribution is 2.14. The van der Waals surface area contributed by atoms with Crippen molar-refractivity contribution in [2.45, 2.75) is 6.61 Å². The number of benzene rings is 1. The minimum absolute atomic E-state index is 0.252. The molecule has 1 amide bonds. The van der Waals surface area contributed by atoms with Crippen LogP contribution in [0.5, 0.6) is 0 Å². The molecule has 2 rings (SSSR count). The molecule has 1 N–H and O–H groups in total. The topological polar surface area (TPSA) is 56.2 Å². The van der Waals surface area contributed by atoms with E-state index in [2.05, 4.69) is 10.4 Å². The van der Waals surface area contributed by atoms with Gasteiger partial charge >= 0.3 is 6.09 Å². The monoisotopic (exact) mass is 305 g/mol. The molecular weight excluding hydrogens is 290 g/mol. The molecule has 0 atom stereocenters. The molecule has 0 saturated heterocycles. The van der Waals surface area contributed by atoms with Gasteiger partial charge < -0.3 is 10.1 Å². The summed E-state index contributed by atoms with van der Waals surface area (Å²) >= 11 is 5.96. The summed E-state index contributed by atoms with van der Waals surface area (Å²) in [5, 5.41) is 7.35. The zero-order valence-electron chi connectivity index (χ0n) is 11.6. The molecule has 1 aromatic carbocycles. The number of carbonyl (C=O) groups is 1. The number of rotatable bonds is 5. The molecule has 0 aliphatic carbocycles. The van der Waals surface area contributed by atoms with E-state index in [9.17, 15) is 4.79 Å². The van der Waals surface area contributed by atoms with Gasteiger partial charge in [0.05, 0.1) is 5.02 Å². The first-order chi connectivity index (χ1) is 10.1. The van der Waals surface area contributed by atoms with Crippen molar-refractivity contribution >= 4 is 23.8 Å². The lowest BCUT2D eigenvalue weighted by atomic mass is 10.2. The Morgan fingerprint density at radius 2 is 2.19 bits per heavy atom. The van der Waals surface area contributed by atoms with Gasteiger partial charge in [0.2, 0.25) is 0 Å². The number of hydrogen-bond acceptors (Lipinski definition) is 3. The van der Waals surface area contributed by atoms with Gasteiger partial charge in [0.15, 0.2) is 0 Å². The van der Waals surface area contributed by atoms with Crippen molar-refractivity contribution in [3.63, 3.8) is 0 Å². The lowest BCUT2D eigenvalue weighted by Crippen LogP contribution is -2.24. The summed E-state index contributed by atoms with van der Waals surface area (Å²) in [5.74, 6) is 0. The van der Waals surface area contributed by atoms with E-state index in [-0.39, 0.29) is 6.61 Å². The molecule has 1 heterocycles. The first-order valence-corrected chi connectivity index (χ1v) is 6.83. The number of aryl methyl sites for hydroxylation is 1. The molecule has 0 radical (unpaired) electrons. The van der Waals surface area contributed by atoms with Crippen molar-refractivity contribution in [1.82, 2.24) is 15.1 Å². The fourth-order valence-corrected chi connectivity index (χ4v) is 1.92. The zero-order chi connectivity index (χ0) is 15.1. The van der Waals surface area contributed by atoms with Crippen LogP contribution >= 0.6 is 11.6 Å². The number of ether oxygens (including phenoxy) is 1. The number of halogens is 1. The van der Waals surface area contributed by atoms with Crippen molar-refractivity contribution in [3.05, 3.63) is 58.9 Å². The molecule has 5 nitrogen and oxygen atoms in total. The highest BCUT2D eigenvalue weighted by molar-refractivity contribution is 6.31. The first-order valence-electron chi connectivity index (χ1n) is 6.45. The van der Waals surface area contributed by atoms with Crippen LogP contribution in [0.1, 0.15) is 11.3 Å². The van der Waals surface area contributed by atoms with Crippen LogP contribution in [0, 0.1) is 0 Å². The smallest absolute Gasteiger partial charge is 0.407 e. The Morgan fingerprint density at radius 1 is 1.43 bits per heavy atom. The summed E-state index contributed by atoms with van der Waals surface area (Å²) in [4.78, 5) is 11.5. The molecule has 0 unspecified atom stereocenters. The zero-order valence-corrected chi connectivity index (χ0v) is 12.4. The second kappa shape index (κ2) is 7.50. The van der Waals surface area contributed by atoms with Crippen molar-refractivity contribution in [2.75, 3.05) is 6.54 Å². The fourth-order valence-electron chi connectivity index (χ4n) is 1.68. The Hall–Kier alpha value is -2.27. The third-order valence-corrected chi connectivity index (χ3v) is 2.95. The summed E-state index contributed by atoms with van der Waals surface area (Å²) in [5.41, 5.74) is 1.61. The molecule has 0 saturated carbocycles. The predicted molar refractivity (Wildman–Crippen MR) is 81.9 cm³/mol. The third kappa shape index (κ3) is 4.96. The van der Waals surface area contributed by atoms with Gasteiger partial charge in [-0.25, -0.2) is 4.79 Å². The average molecular weight is 306 g/mol. The second-order valence-electron chi connectivity index (χ2n) is 4.38. The van der Waals surface area contributed by atoms with Crippen molar-refractivity contribution < 1.29 is 9.53 Å². The number of amides is 1. The molecule has 0 aliphatic heterocycles. The number of carbonyl (C=O) groups excluding carboxylic acids is 1. The lowest BCUT2D eigenvalue weighted by molar-refractivity contribution is 0.141. The normalized spacial score (nSPS) is 10.8. The van der Waals surface area contributed by atoms with Crippen LogP contribution in [0.3, 0.4) is 0 Å². The van der Waals surface area contributed by atoms with Crippen molar-refractivity contribution in [1.29, 1.82) is 0 Å². The third-order valence-electron chi connectivity index (χ3n) is 2.66. The van der Waals surface area contributed by atoms with Crippen LogP contribution < -0.4 is 5.32 Å². The van der Waals surface area contributed by atoms with Crippen LogP contribution in [-0.4, -0.2) is 22.4 Å². The van der Waals surface area contributed by atoms with E-state index >= 15 is 0 Å². The quantitative estimate of drug-likeness (QED) is 0.924.